The Kier molecular flexibility index (Phi) is 5.40. The smallest absolute Gasteiger partial charge is 0.296 e. The highest BCUT2D eigenvalue weighted by atomic mass is 16.2. The number of ketones is 1. The van der Waals surface area contributed by atoms with Gasteiger partial charge in [-0.15, -0.1) is 0 Å². The number of rotatable bonds is 5. The maximum atomic E-state index is 13.0. The van der Waals surface area contributed by atoms with Gasteiger partial charge in [-0.3, -0.25) is 14.4 Å². The quantitative estimate of drug-likeness (QED) is 0.522. The summed E-state index contributed by atoms with van der Waals surface area (Å²) in [6, 6.07) is 13.1. The molecule has 6 heteroatoms. The van der Waals surface area contributed by atoms with Crippen LogP contribution in [-0.2, 0) is 16.1 Å². The van der Waals surface area contributed by atoms with E-state index in [9.17, 15) is 14.4 Å². The Balaban J connectivity index is 1.62. The first-order valence-corrected chi connectivity index (χ1v) is 10.2. The van der Waals surface area contributed by atoms with Gasteiger partial charge in [0, 0.05) is 35.9 Å². The van der Waals surface area contributed by atoms with Crippen LogP contribution < -0.4 is 5.32 Å². The molecule has 4 rings (SSSR count). The van der Waals surface area contributed by atoms with E-state index in [1.165, 1.54) is 0 Å². The second-order valence-corrected chi connectivity index (χ2v) is 7.83. The Morgan fingerprint density at radius 3 is 2.30 bits per heavy atom. The van der Waals surface area contributed by atoms with E-state index in [2.05, 4.69) is 5.32 Å². The third kappa shape index (κ3) is 3.73. The highest BCUT2D eigenvalue weighted by molar-refractivity contribution is 6.48. The molecule has 0 spiro atoms. The zero-order valence-corrected chi connectivity index (χ0v) is 17.3. The third-order valence-corrected chi connectivity index (χ3v) is 5.72. The van der Waals surface area contributed by atoms with Gasteiger partial charge in [-0.05, 0) is 43.9 Å². The summed E-state index contributed by atoms with van der Waals surface area (Å²) in [4.78, 5) is 40.3. The number of anilines is 1. The normalized spacial score (nSPS) is 13.6. The number of carbonyl (C=O) groups is 3. The van der Waals surface area contributed by atoms with E-state index in [1.807, 2.05) is 61.2 Å². The number of carbonyl (C=O) groups excluding carboxylic acids is 3. The van der Waals surface area contributed by atoms with Crippen molar-refractivity contribution < 1.29 is 14.4 Å². The molecule has 6 nitrogen and oxygen atoms in total. The Hall–Kier alpha value is -3.41. The van der Waals surface area contributed by atoms with Gasteiger partial charge in [-0.2, -0.15) is 0 Å². The summed E-state index contributed by atoms with van der Waals surface area (Å²) in [6.45, 7) is 5.50. The van der Waals surface area contributed by atoms with E-state index in [1.54, 1.807) is 10.8 Å². The summed E-state index contributed by atoms with van der Waals surface area (Å²) >= 11 is 0. The lowest BCUT2D eigenvalue weighted by Crippen LogP contribution is -2.30. The zero-order chi connectivity index (χ0) is 21.3. The molecule has 3 aromatic rings. The molecule has 0 bridgehead atoms. The van der Waals surface area contributed by atoms with Crippen molar-refractivity contribution in [2.75, 3.05) is 18.4 Å². The fraction of sp³-hybridized carbons (Fsp3) is 0.292. The number of para-hydroxylation sites is 2. The molecule has 2 aromatic carbocycles. The first-order valence-electron chi connectivity index (χ1n) is 10.2. The van der Waals surface area contributed by atoms with Gasteiger partial charge in [0.05, 0.1) is 5.56 Å². The SMILES string of the molecule is Cc1cccc(C)c1NC(=O)C(=O)c1cn(CC(=O)N2CCCC2)c2ccccc12. The maximum absolute atomic E-state index is 13.0. The van der Waals surface area contributed by atoms with Crippen molar-refractivity contribution in [2.45, 2.75) is 33.2 Å². The lowest BCUT2D eigenvalue weighted by molar-refractivity contribution is -0.130. The number of aromatic nitrogens is 1. The Morgan fingerprint density at radius 1 is 0.933 bits per heavy atom. The number of hydrogen-bond acceptors (Lipinski definition) is 3. The predicted molar refractivity (Wildman–Crippen MR) is 117 cm³/mol. The Labute approximate surface area is 175 Å². The molecule has 1 aliphatic heterocycles. The summed E-state index contributed by atoms with van der Waals surface area (Å²) in [5.41, 5.74) is 3.53. The molecule has 30 heavy (non-hydrogen) atoms. The maximum Gasteiger partial charge on any atom is 0.296 e. The summed E-state index contributed by atoms with van der Waals surface area (Å²) in [5, 5.41) is 3.44. The highest BCUT2D eigenvalue weighted by Gasteiger charge is 2.24. The summed E-state index contributed by atoms with van der Waals surface area (Å²) < 4.78 is 1.77. The molecule has 1 aliphatic rings. The van der Waals surface area contributed by atoms with Crippen molar-refractivity contribution in [1.29, 1.82) is 0 Å². The number of benzene rings is 2. The van der Waals surface area contributed by atoms with Crippen LogP contribution >= 0.6 is 0 Å². The van der Waals surface area contributed by atoms with Crippen LogP contribution in [0, 0.1) is 13.8 Å². The lowest BCUT2D eigenvalue weighted by Gasteiger charge is -2.15. The van der Waals surface area contributed by atoms with Crippen LogP contribution in [0.5, 0.6) is 0 Å². The van der Waals surface area contributed by atoms with Gasteiger partial charge in [0.1, 0.15) is 6.54 Å². The van der Waals surface area contributed by atoms with E-state index in [4.69, 9.17) is 0 Å². The van der Waals surface area contributed by atoms with Crippen molar-refractivity contribution in [2.24, 2.45) is 0 Å². The second kappa shape index (κ2) is 8.14. The van der Waals surface area contributed by atoms with Crippen molar-refractivity contribution in [3.63, 3.8) is 0 Å². The van der Waals surface area contributed by atoms with E-state index in [-0.39, 0.29) is 12.5 Å². The second-order valence-electron chi connectivity index (χ2n) is 7.83. The average molecular weight is 403 g/mol. The number of aryl methyl sites for hydroxylation is 2. The van der Waals surface area contributed by atoms with Crippen molar-refractivity contribution in [1.82, 2.24) is 9.47 Å². The molecular weight excluding hydrogens is 378 g/mol. The van der Waals surface area contributed by atoms with Crippen molar-refractivity contribution in [3.8, 4) is 0 Å². The third-order valence-electron chi connectivity index (χ3n) is 5.72. The molecule has 0 aliphatic carbocycles. The van der Waals surface area contributed by atoms with Gasteiger partial charge in [0.2, 0.25) is 5.91 Å². The van der Waals surface area contributed by atoms with Crippen molar-refractivity contribution in [3.05, 3.63) is 65.4 Å². The van der Waals surface area contributed by atoms with Crippen molar-refractivity contribution >= 4 is 34.2 Å². The van der Waals surface area contributed by atoms with E-state index >= 15 is 0 Å². The molecule has 1 fully saturated rings. The van der Waals surface area contributed by atoms with Crippen LogP contribution in [0.1, 0.15) is 34.3 Å². The van der Waals surface area contributed by atoms with Crippen LogP contribution in [0.2, 0.25) is 0 Å². The molecule has 1 N–H and O–H groups in total. The van der Waals surface area contributed by atoms with E-state index in [0.717, 1.165) is 42.6 Å². The van der Waals surface area contributed by atoms with Crippen LogP contribution in [0.3, 0.4) is 0 Å². The fourth-order valence-electron chi connectivity index (χ4n) is 4.08. The molecular formula is C24H25N3O3. The predicted octanol–water partition coefficient (Wildman–Crippen LogP) is 3.70. The van der Waals surface area contributed by atoms with E-state index < -0.39 is 11.7 Å². The molecule has 0 unspecified atom stereocenters. The van der Waals surface area contributed by atoms with Gasteiger partial charge >= 0.3 is 0 Å². The van der Waals surface area contributed by atoms with Gasteiger partial charge in [0.25, 0.3) is 11.7 Å². The number of nitrogens with one attached hydrogen (secondary N) is 1. The zero-order valence-electron chi connectivity index (χ0n) is 17.3. The average Bonchev–Trinajstić information content (AvgIpc) is 3.39. The lowest BCUT2D eigenvalue weighted by atomic mass is 10.1. The molecule has 0 radical (unpaired) electrons. The minimum Gasteiger partial charge on any atom is -0.341 e. The van der Waals surface area contributed by atoms with Crippen LogP contribution in [0.4, 0.5) is 5.69 Å². The number of Topliss-reactive ketones (excluding diaryl/α,β-unsaturated/α-hetero) is 1. The number of likely N-dealkylation sites (tertiary alicyclic amines) is 1. The van der Waals surface area contributed by atoms with E-state index in [0.29, 0.717) is 16.6 Å². The number of hydrogen-bond donors (Lipinski definition) is 1. The largest absolute Gasteiger partial charge is 0.341 e. The van der Waals surface area contributed by atoms with Crippen LogP contribution in [-0.4, -0.2) is 40.2 Å². The molecule has 2 heterocycles. The first-order chi connectivity index (χ1) is 14.5. The molecule has 2 amide bonds. The Morgan fingerprint density at radius 2 is 1.60 bits per heavy atom. The Bertz CT molecular complexity index is 1120. The molecule has 0 saturated carbocycles. The molecule has 1 saturated heterocycles. The molecule has 154 valence electrons. The van der Waals surface area contributed by atoms with Gasteiger partial charge in [-0.1, -0.05) is 36.4 Å². The van der Waals surface area contributed by atoms with Gasteiger partial charge < -0.3 is 14.8 Å². The number of nitrogens with zero attached hydrogens (tertiary/aromatic N) is 2. The first kappa shape index (κ1) is 19.9. The topological polar surface area (TPSA) is 71.4 Å². The fourth-order valence-corrected chi connectivity index (χ4v) is 4.08. The summed E-state index contributed by atoms with van der Waals surface area (Å²) in [6.07, 6.45) is 3.69. The van der Waals surface area contributed by atoms with Gasteiger partial charge in [0.15, 0.2) is 0 Å². The summed E-state index contributed by atoms with van der Waals surface area (Å²) in [5.74, 6) is -1.25. The number of fused-ring (bicyclic) bond motifs is 1. The standard InChI is InChI=1S/C24H25N3O3/c1-16-8-7-9-17(2)22(16)25-24(30)23(29)19-14-27(20-11-4-3-10-18(19)20)15-21(28)26-12-5-6-13-26/h3-4,7-11,14H,5-6,12-13,15H2,1-2H3,(H,25,30). The molecule has 1 aromatic heterocycles. The summed E-state index contributed by atoms with van der Waals surface area (Å²) in [7, 11) is 0. The minimum atomic E-state index is -0.679. The minimum absolute atomic E-state index is 0.0345. The molecule has 0 atom stereocenters. The number of amides is 2. The van der Waals surface area contributed by atoms with Gasteiger partial charge in [-0.25, -0.2) is 0 Å². The van der Waals surface area contributed by atoms with Crippen LogP contribution in [0.25, 0.3) is 10.9 Å². The monoisotopic (exact) mass is 403 g/mol. The van der Waals surface area contributed by atoms with Crippen LogP contribution in [0.15, 0.2) is 48.7 Å². The highest BCUT2D eigenvalue weighted by Crippen LogP contribution is 2.24.